The highest BCUT2D eigenvalue weighted by atomic mass is 16.4. The number of rotatable bonds is 3. The quantitative estimate of drug-likeness (QED) is 0.943. The van der Waals surface area contributed by atoms with E-state index in [-0.39, 0.29) is 11.8 Å². The maximum Gasteiger partial charge on any atom is 0.327 e. The third kappa shape index (κ3) is 2.67. The minimum atomic E-state index is -1.02. The van der Waals surface area contributed by atoms with Crippen LogP contribution in [0.15, 0.2) is 54.6 Å². The fourth-order valence-corrected chi connectivity index (χ4v) is 2.89. The van der Waals surface area contributed by atoms with Gasteiger partial charge in [-0.3, -0.25) is 4.79 Å². The Labute approximate surface area is 133 Å². The molecule has 5 heteroatoms. The van der Waals surface area contributed by atoms with Crippen molar-refractivity contribution >= 4 is 11.9 Å². The van der Waals surface area contributed by atoms with Gasteiger partial charge in [-0.25, -0.2) is 4.79 Å². The lowest BCUT2D eigenvalue weighted by atomic mass is 9.82. The van der Waals surface area contributed by atoms with Crippen molar-refractivity contribution in [2.75, 3.05) is 6.54 Å². The number of carboxylic acids is 1. The van der Waals surface area contributed by atoms with Gasteiger partial charge in [0.2, 0.25) is 0 Å². The van der Waals surface area contributed by atoms with Crippen LogP contribution in [0.5, 0.6) is 0 Å². The topological polar surface area (TPSA) is 81.4 Å². The smallest absolute Gasteiger partial charge is 0.327 e. The van der Waals surface area contributed by atoms with Gasteiger partial charge in [-0.05, 0) is 23.8 Å². The number of aliphatic carboxylic acids is 1. The summed E-state index contributed by atoms with van der Waals surface area (Å²) in [6.45, 7) is 0.358. The Balaban J connectivity index is 1.85. The summed E-state index contributed by atoms with van der Waals surface area (Å²) >= 11 is 0. The molecule has 0 spiro atoms. The lowest BCUT2D eigenvalue weighted by Crippen LogP contribution is -2.60. The molecular formula is C18H14N2O3. The average Bonchev–Trinajstić information content (AvgIpc) is 2.54. The lowest BCUT2D eigenvalue weighted by Gasteiger charge is -2.45. The number of benzene rings is 2. The number of carboxylic acid groups (broad SMARTS) is 1. The van der Waals surface area contributed by atoms with Crippen molar-refractivity contribution in [2.45, 2.75) is 12.0 Å². The van der Waals surface area contributed by atoms with E-state index in [0.717, 1.165) is 5.56 Å². The summed E-state index contributed by atoms with van der Waals surface area (Å²) in [5.41, 5.74) is 1.62. The molecule has 1 aliphatic heterocycles. The van der Waals surface area contributed by atoms with Gasteiger partial charge in [0.1, 0.15) is 6.04 Å². The van der Waals surface area contributed by atoms with Gasteiger partial charge in [0, 0.05) is 18.0 Å². The Bertz CT molecular complexity index is 795. The first-order valence-corrected chi connectivity index (χ1v) is 7.20. The van der Waals surface area contributed by atoms with E-state index < -0.39 is 12.0 Å². The van der Waals surface area contributed by atoms with Crippen LogP contribution < -0.4 is 0 Å². The van der Waals surface area contributed by atoms with Gasteiger partial charge >= 0.3 is 5.97 Å². The normalized spacial score (nSPS) is 19.5. The molecule has 0 aromatic heterocycles. The molecule has 1 amide bonds. The van der Waals surface area contributed by atoms with Crippen LogP contribution in [-0.2, 0) is 4.79 Å². The van der Waals surface area contributed by atoms with E-state index in [1.54, 1.807) is 18.2 Å². The standard InChI is InChI=1S/C18H14N2O3/c19-10-12-5-4-8-14(9-12)17(21)20-11-15(16(20)18(22)23)13-6-2-1-3-7-13/h1-9,15-16H,11H2,(H,22,23)/t15-,16+/m1/s1. The van der Waals surface area contributed by atoms with Crippen molar-refractivity contribution < 1.29 is 14.7 Å². The van der Waals surface area contributed by atoms with Gasteiger partial charge in [-0.1, -0.05) is 36.4 Å². The molecule has 114 valence electrons. The van der Waals surface area contributed by atoms with Crippen molar-refractivity contribution in [1.82, 2.24) is 4.90 Å². The molecule has 0 aliphatic carbocycles. The van der Waals surface area contributed by atoms with Crippen molar-refractivity contribution in [1.29, 1.82) is 5.26 Å². The van der Waals surface area contributed by atoms with E-state index in [4.69, 9.17) is 5.26 Å². The Kier molecular flexibility index (Phi) is 3.82. The van der Waals surface area contributed by atoms with Crippen molar-refractivity contribution in [3.8, 4) is 6.07 Å². The van der Waals surface area contributed by atoms with E-state index in [0.29, 0.717) is 17.7 Å². The van der Waals surface area contributed by atoms with Crippen LogP contribution in [0, 0.1) is 11.3 Å². The van der Waals surface area contributed by atoms with Crippen LogP contribution in [-0.4, -0.2) is 34.5 Å². The summed E-state index contributed by atoms with van der Waals surface area (Å²) in [7, 11) is 0. The molecule has 0 radical (unpaired) electrons. The van der Waals surface area contributed by atoms with Crippen LogP contribution in [0.4, 0.5) is 0 Å². The maximum absolute atomic E-state index is 12.5. The zero-order chi connectivity index (χ0) is 16.4. The molecule has 2 aromatic carbocycles. The zero-order valence-electron chi connectivity index (χ0n) is 12.2. The minimum absolute atomic E-state index is 0.211. The van der Waals surface area contributed by atoms with Gasteiger partial charge in [0.25, 0.3) is 5.91 Å². The molecule has 3 rings (SSSR count). The molecule has 0 saturated carbocycles. The van der Waals surface area contributed by atoms with E-state index >= 15 is 0 Å². The van der Waals surface area contributed by atoms with Crippen LogP contribution in [0.3, 0.4) is 0 Å². The summed E-state index contributed by atoms with van der Waals surface area (Å²) in [6.07, 6.45) is 0. The van der Waals surface area contributed by atoms with Crippen molar-refractivity contribution in [3.63, 3.8) is 0 Å². The lowest BCUT2D eigenvalue weighted by molar-refractivity contribution is -0.147. The highest BCUT2D eigenvalue weighted by molar-refractivity contribution is 5.98. The number of nitrogens with zero attached hydrogens (tertiary/aromatic N) is 2. The Hall–Kier alpha value is -3.13. The van der Waals surface area contributed by atoms with Crippen LogP contribution in [0.25, 0.3) is 0 Å². The molecule has 0 unspecified atom stereocenters. The Morgan fingerprint density at radius 2 is 1.87 bits per heavy atom. The summed E-state index contributed by atoms with van der Waals surface area (Å²) in [5.74, 6) is -1.59. The summed E-state index contributed by atoms with van der Waals surface area (Å²) in [5, 5.41) is 18.4. The highest BCUT2D eigenvalue weighted by Crippen LogP contribution is 2.35. The first kappa shape index (κ1) is 14.8. The van der Waals surface area contributed by atoms with E-state index in [1.165, 1.54) is 11.0 Å². The summed E-state index contributed by atoms with van der Waals surface area (Å²) in [6, 6.07) is 16.7. The molecule has 1 saturated heterocycles. The summed E-state index contributed by atoms with van der Waals surface area (Å²) in [4.78, 5) is 25.5. The fourth-order valence-electron chi connectivity index (χ4n) is 2.89. The van der Waals surface area contributed by atoms with Crippen LogP contribution in [0.1, 0.15) is 27.4 Å². The van der Waals surface area contributed by atoms with E-state index in [2.05, 4.69) is 0 Å². The molecule has 1 aliphatic rings. The predicted octanol–water partition coefficient (Wildman–Crippen LogP) is 2.25. The van der Waals surface area contributed by atoms with Gasteiger partial charge in [-0.15, -0.1) is 0 Å². The van der Waals surface area contributed by atoms with Gasteiger partial charge < -0.3 is 10.0 Å². The minimum Gasteiger partial charge on any atom is -0.480 e. The number of nitriles is 1. The third-order valence-corrected chi connectivity index (χ3v) is 4.09. The monoisotopic (exact) mass is 306 g/mol. The second-order valence-electron chi connectivity index (χ2n) is 5.45. The van der Waals surface area contributed by atoms with Gasteiger partial charge in [0.05, 0.1) is 11.6 Å². The second kappa shape index (κ2) is 5.93. The van der Waals surface area contributed by atoms with Crippen molar-refractivity contribution in [2.24, 2.45) is 0 Å². The summed E-state index contributed by atoms with van der Waals surface area (Å²) < 4.78 is 0. The molecule has 2 atom stereocenters. The fraction of sp³-hybridized carbons (Fsp3) is 0.167. The van der Waals surface area contributed by atoms with Crippen molar-refractivity contribution in [3.05, 3.63) is 71.3 Å². The first-order chi connectivity index (χ1) is 11.1. The number of carbonyl (C=O) groups excluding carboxylic acids is 1. The van der Waals surface area contributed by atoms with Gasteiger partial charge in [0.15, 0.2) is 0 Å². The van der Waals surface area contributed by atoms with E-state index in [1.807, 2.05) is 36.4 Å². The molecule has 1 heterocycles. The zero-order valence-corrected chi connectivity index (χ0v) is 12.2. The largest absolute Gasteiger partial charge is 0.480 e. The maximum atomic E-state index is 12.5. The molecule has 23 heavy (non-hydrogen) atoms. The Morgan fingerprint density at radius 1 is 1.13 bits per heavy atom. The molecule has 1 fully saturated rings. The molecule has 1 N–H and O–H groups in total. The molecule has 2 aromatic rings. The number of amides is 1. The number of carbonyl (C=O) groups is 2. The van der Waals surface area contributed by atoms with E-state index in [9.17, 15) is 14.7 Å². The average molecular weight is 306 g/mol. The number of hydrogen-bond acceptors (Lipinski definition) is 3. The highest BCUT2D eigenvalue weighted by Gasteiger charge is 2.47. The Morgan fingerprint density at radius 3 is 2.52 bits per heavy atom. The SMILES string of the molecule is N#Cc1cccc(C(=O)N2C[C@H](c3ccccc3)[C@H]2C(=O)O)c1. The predicted molar refractivity (Wildman–Crippen MR) is 82.8 cm³/mol. The molecule has 5 nitrogen and oxygen atoms in total. The molecular weight excluding hydrogens is 292 g/mol. The second-order valence-corrected chi connectivity index (χ2v) is 5.45. The number of hydrogen-bond donors (Lipinski definition) is 1. The third-order valence-electron chi connectivity index (χ3n) is 4.09. The first-order valence-electron chi connectivity index (χ1n) is 7.20. The number of likely N-dealkylation sites (tertiary alicyclic amines) is 1. The van der Waals surface area contributed by atoms with Gasteiger partial charge in [-0.2, -0.15) is 5.26 Å². The molecule has 0 bridgehead atoms. The van der Waals surface area contributed by atoms with Crippen LogP contribution >= 0.6 is 0 Å². The van der Waals surface area contributed by atoms with Crippen LogP contribution in [0.2, 0.25) is 0 Å².